The van der Waals surface area contributed by atoms with Gasteiger partial charge in [-0.3, -0.25) is 0 Å². The molecule has 0 nitrogen and oxygen atoms in total. The molecular formula is C8H12. The van der Waals surface area contributed by atoms with E-state index >= 15 is 0 Å². The fourth-order valence-corrected chi connectivity index (χ4v) is 0.364. The van der Waals surface area contributed by atoms with Crippen LogP contribution in [-0.2, 0) is 0 Å². The summed E-state index contributed by atoms with van der Waals surface area (Å²) in [7, 11) is 0. The zero-order chi connectivity index (χ0) is 6.24. The summed E-state index contributed by atoms with van der Waals surface area (Å²) in [5, 5.41) is 0. The largest absolute Gasteiger partial charge is 0.103 e. The molecule has 0 saturated heterocycles. The van der Waals surface area contributed by atoms with Gasteiger partial charge in [-0.15, -0.1) is 6.58 Å². The first kappa shape index (κ1) is 7.22. The average molecular weight is 108 g/mol. The molecule has 0 saturated carbocycles. The summed E-state index contributed by atoms with van der Waals surface area (Å²) in [6.45, 7) is 5.58. The van der Waals surface area contributed by atoms with Gasteiger partial charge < -0.3 is 0 Å². The van der Waals surface area contributed by atoms with Gasteiger partial charge in [-0.1, -0.05) is 30.4 Å². The summed E-state index contributed by atoms with van der Waals surface area (Å²) in [6, 6.07) is 0. The first-order valence-electron chi connectivity index (χ1n) is 2.80. The third-order valence-electron chi connectivity index (χ3n) is 0.742. The van der Waals surface area contributed by atoms with Crippen LogP contribution in [0.2, 0.25) is 0 Å². The minimum Gasteiger partial charge on any atom is -0.103 e. The Balaban J connectivity index is 3.19. The van der Waals surface area contributed by atoms with Crippen LogP contribution in [0.25, 0.3) is 0 Å². The average Bonchev–Trinajstić information content (AvgIpc) is 1.81. The lowest BCUT2D eigenvalue weighted by atomic mass is 10.3. The van der Waals surface area contributed by atoms with Crippen LogP contribution in [-0.4, -0.2) is 0 Å². The summed E-state index contributed by atoms with van der Waals surface area (Å²) in [5.74, 6) is 0. The van der Waals surface area contributed by atoms with Crippen molar-refractivity contribution in [3.05, 3.63) is 37.0 Å². The minimum absolute atomic E-state index is 0.963. The fourth-order valence-electron chi connectivity index (χ4n) is 0.364. The maximum absolute atomic E-state index is 3.58. The second-order valence-corrected chi connectivity index (χ2v) is 1.48. The van der Waals surface area contributed by atoms with Crippen molar-refractivity contribution in [3.8, 4) is 0 Å². The van der Waals surface area contributed by atoms with Gasteiger partial charge in [0.1, 0.15) is 0 Å². The summed E-state index contributed by atoms with van der Waals surface area (Å²) in [5.41, 5.74) is 0. The van der Waals surface area contributed by atoms with E-state index < -0.39 is 0 Å². The smallest absolute Gasteiger partial charge is 0.0169 e. The molecule has 0 heterocycles. The topological polar surface area (TPSA) is 0 Å². The Hall–Kier alpha value is -0.780. The number of rotatable bonds is 3. The third-order valence-corrected chi connectivity index (χ3v) is 0.742. The van der Waals surface area contributed by atoms with E-state index in [1.807, 2.05) is 31.2 Å². The first-order chi connectivity index (χ1) is 3.91. The predicted octanol–water partition coefficient (Wildman–Crippen LogP) is 2.69. The van der Waals surface area contributed by atoms with Gasteiger partial charge in [-0.05, 0) is 13.3 Å². The maximum atomic E-state index is 3.58. The van der Waals surface area contributed by atoms with Crippen LogP contribution in [0.15, 0.2) is 37.0 Å². The van der Waals surface area contributed by atoms with Crippen molar-refractivity contribution in [2.24, 2.45) is 0 Å². The van der Waals surface area contributed by atoms with Crippen molar-refractivity contribution in [1.29, 1.82) is 0 Å². The van der Waals surface area contributed by atoms with Crippen LogP contribution in [0.5, 0.6) is 0 Å². The monoisotopic (exact) mass is 108 g/mol. The van der Waals surface area contributed by atoms with Crippen molar-refractivity contribution in [2.45, 2.75) is 13.3 Å². The lowest BCUT2D eigenvalue weighted by molar-refractivity contribution is 1.41. The van der Waals surface area contributed by atoms with Gasteiger partial charge in [0, 0.05) is 0 Å². The van der Waals surface area contributed by atoms with Crippen LogP contribution in [0.4, 0.5) is 0 Å². The standard InChI is InChI=1S/C8H12/c1-3-5-7-8-6-4-2/h3-4,6-8H,1,5H2,2H3/b6-4?,8-7+. The summed E-state index contributed by atoms with van der Waals surface area (Å²) in [4.78, 5) is 0. The molecule has 0 radical (unpaired) electrons. The molecule has 0 aromatic rings. The first-order valence-corrected chi connectivity index (χ1v) is 2.80. The maximum Gasteiger partial charge on any atom is -0.0169 e. The van der Waals surface area contributed by atoms with E-state index in [-0.39, 0.29) is 0 Å². The highest BCUT2D eigenvalue weighted by Gasteiger charge is 1.61. The molecule has 0 bridgehead atoms. The molecule has 0 unspecified atom stereocenters. The summed E-state index contributed by atoms with van der Waals surface area (Å²) >= 11 is 0. The van der Waals surface area contributed by atoms with E-state index in [1.165, 1.54) is 0 Å². The molecule has 44 valence electrons. The Labute approximate surface area is 51.2 Å². The van der Waals surface area contributed by atoms with Gasteiger partial charge in [0.25, 0.3) is 0 Å². The zero-order valence-corrected chi connectivity index (χ0v) is 5.30. The Morgan fingerprint density at radius 1 is 1.38 bits per heavy atom. The zero-order valence-electron chi connectivity index (χ0n) is 5.30. The molecule has 0 fully saturated rings. The SMILES string of the molecule is C=CC/C=C/C=CC. The van der Waals surface area contributed by atoms with E-state index in [2.05, 4.69) is 12.7 Å². The molecule has 0 aliphatic rings. The van der Waals surface area contributed by atoms with Gasteiger partial charge >= 0.3 is 0 Å². The Morgan fingerprint density at radius 3 is 2.62 bits per heavy atom. The second-order valence-electron chi connectivity index (χ2n) is 1.48. The molecule has 0 spiro atoms. The number of allylic oxidation sites excluding steroid dienone is 5. The Bertz CT molecular complexity index is 96.6. The van der Waals surface area contributed by atoms with Crippen LogP contribution < -0.4 is 0 Å². The number of hydrogen-bond donors (Lipinski definition) is 0. The molecule has 0 aromatic carbocycles. The molecular weight excluding hydrogens is 96.1 g/mol. The minimum atomic E-state index is 0.963. The Kier molecular flexibility index (Phi) is 5.61. The molecule has 0 heteroatoms. The predicted molar refractivity (Wildman–Crippen MR) is 38.8 cm³/mol. The fraction of sp³-hybridized carbons (Fsp3) is 0.250. The summed E-state index contributed by atoms with van der Waals surface area (Å²) < 4.78 is 0. The highest BCUT2D eigenvalue weighted by atomic mass is 13.7. The van der Waals surface area contributed by atoms with Crippen LogP contribution in [0, 0.1) is 0 Å². The van der Waals surface area contributed by atoms with Gasteiger partial charge in [0.15, 0.2) is 0 Å². The molecule has 0 N–H and O–H groups in total. The van der Waals surface area contributed by atoms with Crippen molar-refractivity contribution < 1.29 is 0 Å². The van der Waals surface area contributed by atoms with Crippen LogP contribution in [0.1, 0.15) is 13.3 Å². The van der Waals surface area contributed by atoms with Gasteiger partial charge in [-0.25, -0.2) is 0 Å². The van der Waals surface area contributed by atoms with E-state index in [9.17, 15) is 0 Å². The second kappa shape index (κ2) is 6.22. The van der Waals surface area contributed by atoms with Crippen LogP contribution in [0.3, 0.4) is 0 Å². The highest BCUT2D eigenvalue weighted by molar-refractivity contribution is 5.02. The highest BCUT2D eigenvalue weighted by Crippen LogP contribution is 1.82. The van der Waals surface area contributed by atoms with E-state index in [1.54, 1.807) is 0 Å². The van der Waals surface area contributed by atoms with E-state index in [4.69, 9.17) is 0 Å². The molecule has 8 heavy (non-hydrogen) atoms. The van der Waals surface area contributed by atoms with Crippen molar-refractivity contribution in [2.75, 3.05) is 0 Å². The summed E-state index contributed by atoms with van der Waals surface area (Å²) in [6.07, 6.45) is 10.9. The van der Waals surface area contributed by atoms with Gasteiger partial charge in [0.2, 0.25) is 0 Å². The van der Waals surface area contributed by atoms with Crippen molar-refractivity contribution >= 4 is 0 Å². The molecule has 0 atom stereocenters. The molecule has 0 aliphatic carbocycles. The van der Waals surface area contributed by atoms with E-state index in [0.717, 1.165) is 6.42 Å². The van der Waals surface area contributed by atoms with Gasteiger partial charge in [-0.2, -0.15) is 0 Å². The quantitative estimate of drug-likeness (QED) is 0.385. The third kappa shape index (κ3) is 5.22. The molecule has 0 aliphatic heterocycles. The lowest BCUT2D eigenvalue weighted by Crippen LogP contribution is -1.51. The number of hydrogen-bond acceptors (Lipinski definition) is 0. The van der Waals surface area contributed by atoms with Crippen LogP contribution >= 0.6 is 0 Å². The Morgan fingerprint density at radius 2 is 2.12 bits per heavy atom. The normalized spacial score (nSPS) is 11.1. The van der Waals surface area contributed by atoms with Crippen molar-refractivity contribution in [1.82, 2.24) is 0 Å². The van der Waals surface area contributed by atoms with Crippen molar-refractivity contribution in [3.63, 3.8) is 0 Å². The molecule has 0 aromatic heterocycles. The lowest BCUT2D eigenvalue weighted by Gasteiger charge is -1.73. The van der Waals surface area contributed by atoms with Gasteiger partial charge in [0.05, 0.1) is 0 Å². The molecule has 0 rings (SSSR count). The molecule has 0 amide bonds. The van der Waals surface area contributed by atoms with E-state index in [0.29, 0.717) is 0 Å².